The number of hydrogen-bond donors (Lipinski definition) is 2. The highest BCUT2D eigenvalue weighted by Gasteiger charge is 2.14. The standard InChI is InChI=1S/C48H91NO5/c1-3-5-7-9-11-13-14-15-16-17-18-19-20-21-22-23-24-25-26-28-30-35-39-43-48(53)54-45(40-36-32-29-27-12-10-8-6-4-2)41-37-33-31-34-38-42-46(50)49-44-47(51)52/h17-18,45H,3-16,19-44H2,1-2H3,(H,49,50)(H,51,52)/b18-17-. The number of hydrogen-bond acceptors (Lipinski definition) is 4. The Morgan fingerprint density at radius 3 is 1.19 bits per heavy atom. The number of carboxylic acids is 1. The van der Waals surface area contributed by atoms with Gasteiger partial charge >= 0.3 is 11.9 Å². The molecule has 0 aliphatic rings. The fraction of sp³-hybridized carbons (Fsp3) is 0.896. The lowest BCUT2D eigenvalue weighted by atomic mass is 10.0. The van der Waals surface area contributed by atoms with Crippen LogP contribution in [0.2, 0.25) is 0 Å². The normalized spacial score (nSPS) is 12.0. The van der Waals surface area contributed by atoms with Crippen molar-refractivity contribution in [3.8, 4) is 0 Å². The molecule has 0 aliphatic carbocycles. The Labute approximate surface area is 335 Å². The number of carbonyl (C=O) groups excluding carboxylic acids is 2. The van der Waals surface area contributed by atoms with Gasteiger partial charge in [-0.1, -0.05) is 199 Å². The largest absolute Gasteiger partial charge is 0.480 e. The van der Waals surface area contributed by atoms with E-state index in [1.54, 1.807) is 0 Å². The van der Waals surface area contributed by atoms with Crippen LogP contribution < -0.4 is 5.32 Å². The van der Waals surface area contributed by atoms with Crippen LogP contribution in [0.3, 0.4) is 0 Å². The smallest absolute Gasteiger partial charge is 0.322 e. The van der Waals surface area contributed by atoms with Gasteiger partial charge in [0, 0.05) is 12.8 Å². The van der Waals surface area contributed by atoms with Crippen molar-refractivity contribution in [2.24, 2.45) is 0 Å². The molecule has 0 bridgehead atoms. The molecule has 0 radical (unpaired) electrons. The molecule has 0 saturated carbocycles. The maximum Gasteiger partial charge on any atom is 0.322 e. The van der Waals surface area contributed by atoms with Gasteiger partial charge in [-0.3, -0.25) is 14.4 Å². The molecule has 6 heteroatoms. The van der Waals surface area contributed by atoms with Crippen molar-refractivity contribution in [2.75, 3.05) is 6.54 Å². The van der Waals surface area contributed by atoms with Crippen LogP contribution >= 0.6 is 0 Å². The van der Waals surface area contributed by atoms with Crippen LogP contribution in [0.15, 0.2) is 12.2 Å². The predicted molar refractivity (Wildman–Crippen MR) is 231 cm³/mol. The van der Waals surface area contributed by atoms with Gasteiger partial charge < -0.3 is 15.2 Å². The quantitative estimate of drug-likeness (QED) is 0.0366. The Bertz CT molecular complexity index is 843. The highest BCUT2D eigenvalue weighted by atomic mass is 16.5. The fourth-order valence-corrected chi connectivity index (χ4v) is 7.39. The van der Waals surface area contributed by atoms with Crippen LogP contribution in [-0.4, -0.2) is 35.6 Å². The first kappa shape index (κ1) is 52.2. The number of allylic oxidation sites excluding steroid dienone is 2. The number of amides is 1. The van der Waals surface area contributed by atoms with Crippen LogP contribution in [0.5, 0.6) is 0 Å². The molecule has 0 aromatic rings. The van der Waals surface area contributed by atoms with Gasteiger partial charge in [0.2, 0.25) is 5.91 Å². The summed E-state index contributed by atoms with van der Waals surface area (Å²) in [6.45, 7) is 4.24. The summed E-state index contributed by atoms with van der Waals surface area (Å²) in [6, 6.07) is 0. The van der Waals surface area contributed by atoms with E-state index in [-0.39, 0.29) is 24.5 Å². The Hall–Kier alpha value is -1.85. The average Bonchev–Trinajstić information content (AvgIpc) is 3.16. The molecule has 318 valence electrons. The summed E-state index contributed by atoms with van der Waals surface area (Å²) in [7, 11) is 0. The van der Waals surface area contributed by atoms with E-state index >= 15 is 0 Å². The molecule has 0 heterocycles. The Balaban J connectivity index is 3.92. The molecule has 0 aromatic heterocycles. The van der Waals surface area contributed by atoms with Crippen molar-refractivity contribution in [1.29, 1.82) is 0 Å². The molecule has 0 fully saturated rings. The van der Waals surface area contributed by atoms with E-state index in [1.807, 2.05) is 0 Å². The van der Waals surface area contributed by atoms with E-state index in [0.717, 1.165) is 64.2 Å². The maximum atomic E-state index is 12.8. The van der Waals surface area contributed by atoms with Gasteiger partial charge in [0.05, 0.1) is 0 Å². The fourth-order valence-electron chi connectivity index (χ4n) is 7.39. The molecule has 0 rings (SSSR count). The number of carbonyl (C=O) groups is 3. The van der Waals surface area contributed by atoms with E-state index in [4.69, 9.17) is 9.84 Å². The van der Waals surface area contributed by atoms with Gasteiger partial charge in [0.1, 0.15) is 12.6 Å². The third-order valence-corrected chi connectivity index (χ3v) is 10.9. The molecule has 0 aromatic carbocycles. The highest BCUT2D eigenvalue weighted by molar-refractivity contribution is 5.80. The van der Waals surface area contributed by atoms with Crippen molar-refractivity contribution in [3.63, 3.8) is 0 Å². The molecule has 0 spiro atoms. The van der Waals surface area contributed by atoms with E-state index in [2.05, 4.69) is 31.3 Å². The summed E-state index contributed by atoms with van der Waals surface area (Å²) in [5.41, 5.74) is 0. The van der Waals surface area contributed by atoms with E-state index in [9.17, 15) is 14.4 Å². The van der Waals surface area contributed by atoms with E-state index in [0.29, 0.717) is 12.8 Å². The molecule has 0 saturated heterocycles. The summed E-state index contributed by atoms with van der Waals surface area (Å²) < 4.78 is 6.03. The Morgan fingerprint density at radius 2 is 0.796 bits per heavy atom. The summed E-state index contributed by atoms with van der Waals surface area (Å²) in [5, 5.41) is 11.1. The number of ether oxygens (including phenoxy) is 1. The zero-order chi connectivity index (χ0) is 39.4. The second-order valence-corrected chi connectivity index (χ2v) is 16.4. The lowest BCUT2D eigenvalue weighted by Gasteiger charge is -2.18. The molecule has 1 atom stereocenters. The van der Waals surface area contributed by atoms with Crippen molar-refractivity contribution >= 4 is 17.8 Å². The lowest BCUT2D eigenvalue weighted by molar-refractivity contribution is -0.150. The van der Waals surface area contributed by atoms with E-state index < -0.39 is 5.97 Å². The third-order valence-electron chi connectivity index (χ3n) is 10.9. The van der Waals surface area contributed by atoms with Crippen molar-refractivity contribution in [1.82, 2.24) is 5.32 Å². The predicted octanol–water partition coefficient (Wildman–Crippen LogP) is 14.9. The third kappa shape index (κ3) is 42.9. The topological polar surface area (TPSA) is 92.7 Å². The van der Waals surface area contributed by atoms with Crippen LogP contribution in [0, 0.1) is 0 Å². The lowest BCUT2D eigenvalue weighted by Crippen LogP contribution is -2.28. The summed E-state index contributed by atoms with van der Waals surface area (Å²) in [6.07, 6.45) is 52.1. The van der Waals surface area contributed by atoms with Gasteiger partial charge in [-0.25, -0.2) is 0 Å². The minimum Gasteiger partial charge on any atom is -0.480 e. The van der Waals surface area contributed by atoms with E-state index in [1.165, 1.54) is 173 Å². The van der Waals surface area contributed by atoms with Gasteiger partial charge in [-0.05, 0) is 64.2 Å². The monoisotopic (exact) mass is 762 g/mol. The maximum absolute atomic E-state index is 12.8. The van der Waals surface area contributed by atoms with Gasteiger partial charge in [0.25, 0.3) is 0 Å². The van der Waals surface area contributed by atoms with Crippen molar-refractivity contribution in [2.45, 2.75) is 270 Å². The molecular formula is C48H91NO5. The molecule has 1 amide bonds. The highest BCUT2D eigenvalue weighted by Crippen LogP contribution is 2.19. The number of carboxylic acid groups (broad SMARTS) is 1. The number of unbranched alkanes of at least 4 members (excludes halogenated alkanes) is 31. The summed E-state index contributed by atoms with van der Waals surface area (Å²) >= 11 is 0. The Morgan fingerprint density at radius 1 is 0.463 bits per heavy atom. The first-order valence-electron chi connectivity index (χ1n) is 23.8. The first-order chi connectivity index (χ1) is 26.5. The average molecular weight is 762 g/mol. The van der Waals surface area contributed by atoms with Gasteiger partial charge in [0.15, 0.2) is 0 Å². The first-order valence-corrected chi connectivity index (χ1v) is 23.8. The molecule has 6 nitrogen and oxygen atoms in total. The van der Waals surface area contributed by atoms with Crippen LogP contribution in [0.25, 0.3) is 0 Å². The molecule has 54 heavy (non-hydrogen) atoms. The minimum atomic E-state index is -1.01. The molecule has 0 aliphatic heterocycles. The van der Waals surface area contributed by atoms with Crippen LogP contribution in [0.1, 0.15) is 264 Å². The summed E-state index contributed by atoms with van der Waals surface area (Å²) in [5.74, 6) is -1.22. The van der Waals surface area contributed by atoms with Crippen molar-refractivity contribution < 1.29 is 24.2 Å². The number of rotatable bonds is 44. The van der Waals surface area contributed by atoms with Gasteiger partial charge in [-0.2, -0.15) is 0 Å². The van der Waals surface area contributed by atoms with Crippen molar-refractivity contribution in [3.05, 3.63) is 12.2 Å². The molecule has 2 N–H and O–H groups in total. The Kier molecular flexibility index (Phi) is 42.4. The minimum absolute atomic E-state index is 0.0118. The SMILES string of the molecule is CCCCCCCCCC/C=C\CCCCCCCCCCCCCC(=O)OC(CCCCCCCCCCC)CCCCCCCC(=O)NCC(=O)O. The van der Waals surface area contributed by atoms with Crippen LogP contribution in [-0.2, 0) is 19.1 Å². The zero-order valence-corrected chi connectivity index (χ0v) is 36.1. The molecule has 1 unspecified atom stereocenters. The number of nitrogens with one attached hydrogen (secondary N) is 1. The second-order valence-electron chi connectivity index (χ2n) is 16.4. The summed E-state index contributed by atoms with van der Waals surface area (Å²) in [4.78, 5) is 35.0. The van der Waals surface area contributed by atoms with Crippen LogP contribution in [0.4, 0.5) is 0 Å². The van der Waals surface area contributed by atoms with Gasteiger partial charge in [-0.15, -0.1) is 0 Å². The number of esters is 1. The number of aliphatic carboxylic acids is 1. The second kappa shape index (κ2) is 43.9. The zero-order valence-electron chi connectivity index (χ0n) is 36.1. The molecular weight excluding hydrogens is 671 g/mol.